The molecule has 0 unspecified atom stereocenters. The molecule has 4 bridgehead atoms. The van der Waals surface area contributed by atoms with Crippen LogP contribution in [0.15, 0.2) is 60.8 Å². The van der Waals surface area contributed by atoms with Gasteiger partial charge in [-0.3, -0.25) is 9.69 Å². The van der Waals surface area contributed by atoms with Crippen LogP contribution in [0.3, 0.4) is 0 Å². The van der Waals surface area contributed by atoms with Crippen molar-refractivity contribution >= 4 is 5.78 Å². The molecule has 5 rings (SSSR count). The van der Waals surface area contributed by atoms with E-state index in [9.17, 15) is 4.79 Å². The van der Waals surface area contributed by atoms with Gasteiger partial charge in [0.25, 0.3) is 0 Å². The van der Waals surface area contributed by atoms with Gasteiger partial charge in [-0.15, -0.1) is 0 Å². The maximum Gasteiger partial charge on any atom is 0.150 e. The fraction of sp³-hybridized carbons (Fsp3) is 0.320. The monoisotopic (exact) mass is 383 g/mol. The summed E-state index contributed by atoms with van der Waals surface area (Å²) in [4.78, 5) is 24.8. The Bertz CT molecular complexity index is 1050. The number of carbonyl (C=O) groups is 1. The van der Waals surface area contributed by atoms with E-state index < -0.39 is 0 Å². The molecule has 2 aliphatic rings. The molecule has 1 fully saturated rings. The number of hydrogen-bond donors (Lipinski definition) is 0. The van der Waals surface area contributed by atoms with Crippen molar-refractivity contribution in [1.29, 1.82) is 0 Å². The second kappa shape index (κ2) is 7.88. The molecule has 2 aromatic carbocycles. The van der Waals surface area contributed by atoms with Crippen molar-refractivity contribution in [3.8, 4) is 11.3 Å². The molecule has 2 aliphatic heterocycles. The standard InChI is InChI=1S/C25H25N3O/c29-24-11-10-18-5-3-8-20(15-18)22-12-13-26-25(27-22)16-19-6-1-2-7-21(19)17-28-14-4-9-23(24)28/h1-3,5-8,12-13,15,23H,4,9-11,14,16-17H2/t23-/m1/s1. The summed E-state index contributed by atoms with van der Waals surface area (Å²) < 4.78 is 0. The first kappa shape index (κ1) is 18.2. The molecule has 146 valence electrons. The Labute approximate surface area is 171 Å². The van der Waals surface area contributed by atoms with E-state index in [-0.39, 0.29) is 6.04 Å². The van der Waals surface area contributed by atoms with E-state index in [1.165, 1.54) is 16.7 Å². The number of ketones is 1. The fourth-order valence-corrected chi connectivity index (χ4v) is 4.62. The number of Topliss-reactive ketones (excluding diaryl/α,β-unsaturated/α-hetero) is 1. The van der Waals surface area contributed by atoms with Crippen molar-refractivity contribution in [3.63, 3.8) is 0 Å². The third-order valence-corrected chi connectivity index (χ3v) is 6.16. The van der Waals surface area contributed by atoms with Crippen molar-refractivity contribution in [2.75, 3.05) is 6.54 Å². The Morgan fingerprint density at radius 3 is 2.79 bits per heavy atom. The van der Waals surface area contributed by atoms with Crippen molar-refractivity contribution in [1.82, 2.24) is 14.9 Å². The van der Waals surface area contributed by atoms with Gasteiger partial charge in [0.1, 0.15) is 11.6 Å². The minimum atomic E-state index is 0.0497. The van der Waals surface area contributed by atoms with Crippen LogP contribution in [0, 0.1) is 0 Å². The van der Waals surface area contributed by atoms with Gasteiger partial charge in [0.05, 0.1) is 11.7 Å². The quantitative estimate of drug-likeness (QED) is 0.583. The van der Waals surface area contributed by atoms with Crippen molar-refractivity contribution in [2.24, 2.45) is 0 Å². The van der Waals surface area contributed by atoms with Crippen LogP contribution < -0.4 is 0 Å². The Morgan fingerprint density at radius 1 is 0.966 bits per heavy atom. The summed E-state index contributed by atoms with van der Waals surface area (Å²) in [6, 6.07) is 18.9. The Morgan fingerprint density at radius 2 is 1.86 bits per heavy atom. The minimum Gasteiger partial charge on any atom is -0.298 e. The van der Waals surface area contributed by atoms with E-state index in [0.717, 1.165) is 49.4 Å². The van der Waals surface area contributed by atoms with E-state index in [0.29, 0.717) is 18.6 Å². The topological polar surface area (TPSA) is 46.1 Å². The van der Waals surface area contributed by atoms with Gasteiger partial charge in [-0.1, -0.05) is 42.5 Å². The van der Waals surface area contributed by atoms with Gasteiger partial charge in [-0.2, -0.15) is 0 Å². The lowest BCUT2D eigenvalue weighted by Crippen LogP contribution is -2.36. The van der Waals surface area contributed by atoms with Crippen molar-refractivity contribution in [3.05, 3.63) is 83.3 Å². The summed E-state index contributed by atoms with van der Waals surface area (Å²) in [5, 5.41) is 0. The van der Waals surface area contributed by atoms with Crippen LogP contribution in [0.5, 0.6) is 0 Å². The van der Waals surface area contributed by atoms with Crippen molar-refractivity contribution in [2.45, 2.75) is 44.7 Å². The maximum absolute atomic E-state index is 13.0. The van der Waals surface area contributed by atoms with Gasteiger partial charge in [-0.05, 0) is 54.6 Å². The first-order valence-corrected chi connectivity index (χ1v) is 10.5. The highest BCUT2D eigenvalue weighted by atomic mass is 16.1. The largest absolute Gasteiger partial charge is 0.298 e. The molecule has 1 atom stereocenters. The number of rotatable bonds is 0. The number of hydrogen-bond acceptors (Lipinski definition) is 4. The third-order valence-electron chi connectivity index (χ3n) is 6.16. The van der Waals surface area contributed by atoms with Crippen LogP contribution in [0.1, 0.15) is 41.8 Å². The van der Waals surface area contributed by atoms with Crippen LogP contribution in [-0.4, -0.2) is 33.2 Å². The summed E-state index contributed by atoms with van der Waals surface area (Å²) in [5.74, 6) is 1.21. The Hall–Kier alpha value is -2.85. The summed E-state index contributed by atoms with van der Waals surface area (Å²) >= 11 is 0. The molecule has 1 aromatic heterocycles. The predicted molar refractivity (Wildman–Crippen MR) is 113 cm³/mol. The van der Waals surface area contributed by atoms with Crippen LogP contribution in [0.2, 0.25) is 0 Å². The van der Waals surface area contributed by atoms with Gasteiger partial charge in [0.2, 0.25) is 0 Å². The van der Waals surface area contributed by atoms with Crippen LogP contribution >= 0.6 is 0 Å². The molecule has 3 heterocycles. The molecule has 4 heteroatoms. The molecule has 4 nitrogen and oxygen atoms in total. The van der Waals surface area contributed by atoms with E-state index >= 15 is 0 Å². The second-order valence-electron chi connectivity index (χ2n) is 8.10. The molecular formula is C25H25N3O. The molecule has 1 saturated heterocycles. The average Bonchev–Trinajstić information content (AvgIpc) is 3.22. The van der Waals surface area contributed by atoms with E-state index in [4.69, 9.17) is 4.98 Å². The lowest BCUT2D eigenvalue weighted by atomic mass is 9.99. The summed E-state index contributed by atoms with van der Waals surface area (Å²) in [6.07, 6.45) is 6.01. The predicted octanol–water partition coefficient (Wildman–Crippen LogP) is 4.21. The Balaban J connectivity index is 1.58. The van der Waals surface area contributed by atoms with E-state index in [1.807, 2.05) is 12.3 Å². The smallest absolute Gasteiger partial charge is 0.150 e. The fourth-order valence-electron chi connectivity index (χ4n) is 4.62. The highest BCUT2D eigenvalue weighted by molar-refractivity contribution is 5.84. The first-order chi connectivity index (χ1) is 14.3. The lowest BCUT2D eigenvalue weighted by molar-refractivity contribution is -0.123. The molecule has 0 N–H and O–H groups in total. The molecular weight excluding hydrogens is 358 g/mol. The summed E-state index contributed by atoms with van der Waals surface area (Å²) in [6.45, 7) is 1.81. The van der Waals surface area contributed by atoms with Gasteiger partial charge < -0.3 is 0 Å². The zero-order valence-corrected chi connectivity index (χ0v) is 16.6. The van der Waals surface area contributed by atoms with Gasteiger partial charge in [0, 0.05) is 31.1 Å². The maximum atomic E-state index is 13.0. The second-order valence-corrected chi connectivity index (χ2v) is 8.10. The summed E-state index contributed by atoms with van der Waals surface area (Å²) in [5.41, 5.74) is 5.74. The van der Waals surface area contributed by atoms with Gasteiger partial charge >= 0.3 is 0 Å². The SMILES string of the molecule is O=C1CCc2cccc(c2)-c2ccnc(n2)Cc2ccccc2CN2CCC[C@H]12. The molecule has 0 radical (unpaired) electrons. The molecule has 29 heavy (non-hydrogen) atoms. The lowest BCUT2D eigenvalue weighted by Gasteiger charge is -2.24. The third kappa shape index (κ3) is 3.85. The van der Waals surface area contributed by atoms with Crippen molar-refractivity contribution < 1.29 is 4.79 Å². The number of nitrogens with zero attached hydrogens (tertiary/aromatic N) is 3. The number of fused-ring (bicyclic) bond motifs is 7. The van der Waals surface area contributed by atoms with E-state index in [2.05, 4.69) is 58.4 Å². The molecule has 0 amide bonds. The zero-order valence-electron chi connectivity index (χ0n) is 16.6. The molecule has 0 aliphatic carbocycles. The number of aryl methyl sites for hydroxylation is 1. The van der Waals surface area contributed by atoms with Gasteiger partial charge in [0.15, 0.2) is 0 Å². The normalized spacial score (nSPS) is 19.7. The van der Waals surface area contributed by atoms with Crippen LogP contribution in [0.25, 0.3) is 11.3 Å². The molecule has 0 saturated carbocycles. The number of aromatic nitrogens is 2. The average molecular weight is 383 g/mol. The van der Waals surface area contributed by atoms with E-state index in [1.54, 1.807) is 0 Å². The Kier molecular flexibility index (Phi) is 4.94. The molecule has 0 spiro atoms. The summed E-state index contributed by atoms with van der Waals surface area (Å²) in [7, 11) is 0. The molecule has 3 aromatic rings. The highest BCUT2D eigenvalue weighted by Gasteiger charge is 2.30. The first-order valence-electron chi connectivity index (χ1n) is 10.5. The number of carbonyl (C=O) groups excluding carboxylic acids is 1. The van der Waals surface area contributed by atoms with Gasteiger partial charge in [-0.25, -0.2) is 9.97 Å². The van der Waals surface area contributed by atoms with Crippen LogP contribution in [-0.2, 0) is 24.2 Å². The minimum absolute atomic E-state index is 0.0497. The zero-order chi connectivity index (χ0) is 19.6. The number of benzene rings is 2. The highest BCUT2D eigenvalue weighted by Crippen LogP contribution is 2.26. The van der Waals surface area contributed by atoms with Crippen LogP contribution in [0.4, 0.5) is 0 Å².